The molecule has 2 N–H and O–H groups in total. The van der Waals surface area contributed by atoms with Gasteiger partial charge in [-0.1, -0.05) is 19.3 Å². The Balaban J connectivity index is 1.79. The van der Waals surface area contributed by atoms with Crippen LogP contribution in [0.5, 0.6) is 0 Å². The van der Waals surface area contributed by atoms with E-state index in [4.69, 9.17) is 5.11 Å². The molecule has 0 bridgehead atoms. The van der Waals surface area contributed by atoms with Crippen LogP contribution in [0.25, 0.3) is 0 Å². The Kier molecular flexibility index (Phi) is 4.43. The average molecular weight is 239 g/mol. The number of carboxylic acids is 1. The second kappa shape index (κ2) is 5.85. The van der Waals surface area contributed by atoms with E-state index in [9.17, 15) is 4.79 Å². The maximum atomic E-state index is 11.0. The highest BCUT2D eigenvalue weighted by Crippen LogP contribution is 2.30. The summed E-state index contributed by atoms with van der Waals surface area (Å²) < 4.78 is 0. The lowest BCUT2D eigenvalue weighted by Gasteiger charge is -2.32. The van der Waals surface area contributed by atoms with E-state index >= 15 is 0 Å². The highest BCUT2D eigenvalue weighted by molar-refractivity contribution is 5.70. The van der Waals surface area contributed by atoms with Gasteiger partial charge in [-0.3, -0.25) is 4.79 Å². The molecule has 98 valence electrons. The maximum Gasteiger partial charge on any atom is 0.306 e. The zero-order valence-corrected chi connectivity index (χ0v) is 10.8. The van der Waals surface area contributed by atoms with Gasteiger partial charge in [0.05, 0.1) is 5.92 Å². The topological polar surface area (TPSA) is 49.3 Å². The van der Waals surface area contributed by atoms with E-state index in [0.29, 0.717) is 12.1 Å². The summed E-state index contributed by atoms with van der Waals surface area (Å²) in [7, 11) is 0. The molecule has 0 saturated heterocycles. The summed E-state index contributed by atoms with van der Waals surface area (Å²) >= 11 is 0. The van der Waals surface area contributed by atoms with Crippen LogP contribution >= 0.6 is 0 Å². The van der Waals surface area contributed by atoms with Gasteiger partial charge in [0.15, 0.2) is 0 Å². The predicted molar refractivity (Wildman–Crippen MR) is 67.9 cm³/mol. The molecule has 2 fully saturated rings. The van der Waals surface area contributed by atoms with Gasteiger partial charge in [-0.15, -0.1) is 0 Å². The van der Waals surface area contributed by atoms with Gasteiger partial charge in [0.1, 0.15) is 0 Å². The number of carbonyl (C=O) groups is 1. The van der Waals surface area contributed by atoms with Gasteiger partial charge in [-0.25, -0.2) is 0 Å². The normalized spacial score (nSPS) is 32.5. The lowest BCUT2D eigenvalue weighted by Crippen LogP contribution is -2.43. The standard InChI is InChI=1S/C14H25NO2/c1-10(11-5-2-3-6-11)15-13-8-4-7-12(9-13)14(16)17/h10-13,15H,2-9H2,1H3,(H,16,17)/t10-,12?,13?/m0/s1. The Morgan fingerprint density at radius 3 is 2.53 bits per heavy atom. The molecule has 0 amide bonds. The van der Waals surface area contributed by atoms with Crippen molar-refractivity contribution in [2.45, 2.75) is 70.4 Å². The van der Waals surface area contributed by atoms with Crippen LogP contribution in [-0.2, 0) is 4.79 Å². The molecule has 2 unspecified atom stereocenters. The van der Waals surface area contributed by atoms with Crippen LogP contribution in [0.15, 0.2) is 0 Å². The van der Waals surface area contributed by atoms with Gasteiger partial charge in [-0.2, -0.15) is 0 Å². The highest BCUT2D eigenvalue weighted by Gasteiger charge is 2.29. The van der Waals surface area contributed by atoms with Crippen LogP contribution in [0, 0.1) is 11.8 Å². The summed E-state index contributed by atoms with van der Waals surface area (Å²) in [5, 5.41) is 12.8. The fourth-order valence-corrected chi connectivity index (χ4v) is 3.53. The van der Waals surface area contributed by atoms with E-state index in [1.165, 1.54) is 25.7 Å². The largest absolute Gasteiger partial charge is 0.481 e. The molecule has 0 spiro atoms. The summed E-state index contributed by atoms with van der Waals surface area (Å²) in [6.07, 6.45) is 9.36. The Morgan fingerprint density at radius 2 is 1.88 bits per heavy atom. The van der Waals surface area contributed by atoms with Gasteiger partial charge in [0, 0.05) is 12.1 Å². The maximum absolute atomic E-state index is 11.0. The molecule has 0 heterocycles. The van der Waals surface area contributed by atoms with E-state index in [1.54, 1.807) is 0 Å². The highest BCUT2D eigenvalue weighted by atomic mass is 16.4. The Bertz CT molecular complexity index is 261. The predicted octanol–water partition coefficient (Wildman–Crippen LogP) is 2.80. The second-order valence-corrected chi connectivity index (χ2v) is 5.90. The minimum atomic E-state index is -0.606. The monoisotopic (exact) mass is 239 g/mol. The molecule has 3 atom stereocenters. The van der Waals surface area contributed by atoms with Crippen LogP contribution in [0.2, 0.25) is 0 Å². The molecule has 2 aliphatic carbocycles. The van der Waals surface area contributed by atoms with Crippen molar-refractivity contribution in [2.24, 2.45) is 11.8 Å². The number of carboxylic acid groups (broad SMARTS) is 1. The molecule has 0 aromatic rings. The smallest absolute Gasteiger partial charge is 0.306 e. The molecule has 0 aromatic carbocycles. The average Bonchev–Trinajstić information content (AvgIpc) is 2.82. The van der Waals surface area contributed by atoms with Gasteiger partial charge < -0.3 is 10.4 Å². The molecule has 0 radical (unpaired) electrons. The third-order valence-corrected chi connectivity index (χ3v) is 4.63. The number of rotatable bonds is 4. The lowest BCUT2D eigenvalue weighted by molar-refractivity contribution is -0.143. The quantitative estimate of drug-likeness (QED) is 0.793. The van der Waals surface area contributed by atoms with E-state index in [1.807, 2.05) is 0 Å². The van der Waals surface area contributed by atoms with Crippen molar-refractivity contribution in [3.8, 4) is 0 Å². The second-order valence-electron chi connectivity index (χ2n) is 5.90. The number of aliphatic carboxylic acids is 1. The van der Waals surface area contributed by atoms with Crippen LogP contribution < -0.4 is 5.32 Å². The third kappa shape index (κ3) is 3.44. The first kappa shape index (κ1) is 12.9. The summed E-state index contributed by atoms with van der Waals surface area (Å²) in [6, 6.07) is 0.996. The summed E-state index contributed by atoms with van der Waals surface area (Å²) in [4.78, 5) is 11.0. The Labute approximate surface area is 104 Å². The molecule has 17 heavy (non-hydrogen) atoms. The van der Waals surface area contributed by atoms with Crippen LogP contribution in [0.1, 0.15) is 58.3 Å². The van der Waals surface area contributed by atoms with Crippen molar-refractivity contribution >= 4 is 5.97 Å². The van der Waals surface area contributed by atoms with Crippen LogP contribution in [-0.4, -0.2) is 23.2 Å². The van der Waals surface area contributed by atoms with Gasteiger partial charge in [0.25, 0.3) is 0 Å². The fraction of sp³-hybridized carbons (Fsp3) is 0.929. The summed E-state index contributed by atoms with van der Waals surface area (Å²) in [6.45, 7) is 2.28. The molecule has 0 aromatic heterocycles. The van der Waals surface area contributed by atoms with Gasteiger partial charge >= 0.3 is 5.97 Å². The SMILES string of the molecule is C[C@H](NC1CCCC(C(=O)O)C1)C1CCCC1. The number of hydrogen-bond acceptors (Lipinski definition) is 2. The molecule has 3 nitrogen and oxygen atoms in total. The Morgan fingerprint density at radius 1 is 1.18 bits per heavy atom. The zero-order valence-electron chi connectivity index (χ0n) is 10.8. The molecule has 0 aliphatic heterocycles. The Hall–Kier alpha value is -0.570. The van der Waals surface area contributed by atoms with E-state index in [-0.39, 0.29) is 5.92 Å². The first-order chi connectivity index (χ1) is 8.16. The van der Waals surface area contributed by atoms with Crippen molar-refractivity contribution in [3.63, 3.8) is 0 Å². The molecular weight excluding hydrogens is 214 g/mol. The molecule has 2 aliphatic rings. The minimum absolute atomic E-state index is 0.114. The first-order valence-electron chi connectivity index (χ1n) is 7.15. The third-order valence-electron chi connectivity index (χ3n) is 4.63. The van der Waals surface area contributed by atoms with Crippen molar-refractivity contribution in [2.75, 3.05) is 0 Å². The first-order valence-corrected chi connectivity index (χ1v) is 7.15. The lowest BCUT2D eigenvalue weighted by atomic mass is 9.85. The van der Waals surface area contributed by atoms with Crippen molar-refractivity contribution in [1.82, 2.24) is 5.32 Å². The van der Waals surface area contributed by atoms with E-state index < -0.39 is 5.97 Å². The van der Waals surface area contributed by atoms with Crippen molar-refractivity contribution < 1.29 is 9.90 Å². The van der Waals surface area contributed by atoms with Gasteiger partial charge in [0.2, 0.25) is 0 Å². The zero-order chi connectivity index (χ0) is 12.3. The molecular formula is C14H25NO2. The minimum Gasteiger partial charge on any atom is -0.481 e. The van der Waals surface area contributed by atoms with Crippen molar-refractivity contribution in [3.05, 3.63) is 0 Å². The fourth-order valence-electron chi connectivity index (χ4n) is 3.53. The van der Waals surface area contributed by atoms with Crippen LogP contribution in [0.4, 0.5) is 0 Å². The molecule has 2 rings (SSSR count). The summed E-state index contributed by atoms with van der Waals surface area (Å²) in [5.41, 5.74) is 0. The van der Waals surface area contributed by atoms with E-state index in [0.717, 1.165) is 31.6 Å². The number of nitrogens with one attached hydrogen (secondary N) is 1. The van der Waals surface area contributed by atoms with Crippen molar-refractivity contribution in [1.29, 1.82) is 0 Å². The van der Waals surface area contributed by atoms with Gasteiger partial charge in [-0.05, 0) is 44.9 Å². The molecule has 3 heteroatoms. The number of hydrogen-bond donors (Lipinski definition) is 2. The van der Waals surface area contributed by atoms with Crippen LogP contribution in [0.3, 0.4) is 0 Å². The molecule has 2 saturated carbocycles. The summed E-state index contributed by atoms with van der Waals surface area (Å²) in [5.74, 6) is 0.0993. The van der Waals surface area contributed by atoms with E-state index in [2.05, 4.69) is 12.2 Å².